The quantitative estimate of drug-likeness (QED) is 0.789. The lowest BCUT2D eigenvalue weighted by molar-refractivity contribution is -0.143. The summed E-state index contributed by atoms with van der Waals surface area (Å²) >= 11 is 1.87. The standard InChI is InChI=1S/C12H17NO4S/c14-11(7-5-8(7)12(15)16)13-2-4-18-10-6-17-3-1-9(10)13/h7-10H,1-6H2,(H,15,16). The summed E-state index contributed by atoms with van der Waals surface area (Å²) in [7, 11) is 0. The fourth-order valence-corrected chi connectivity index (χ4v) is 4.21. The predicted molar refractivity (Wildman–Crippen MR) is 66.4 cm³/mol. The van der Waals surface area contributed by atoms with Crippen LogP contribution in [0.1, 0.15) is 12.8 Å². The first-order valence-electron chi connectivity index (χ1n) is 6.41. The Morgan fingerprint density at radius 3 is 2.89 bits per heavy atom. The fourth-order valence-electron chi connectivity index (χ4n) is 2.91. The number of rotatable bonds is 2. The molecule has 6 heteroatoms. The maximum Gasteiger partial charge on any atom is 0.307 e. The van der Waals surface area contributed by atoms with Crippen molar-refractivity contribution >= 4 is 23.6 Å². The van der Waals surface area contributed by atoms with E-state index in [0.717, 1.165) is 18.7 Å². The van der Waals surface area contributed by atoms with Gasteiger partial charge in [0.1, 0.15) is 0 Å². The second kappa shape index (κ2) is 4.74. The number of thioether (sulfide) groups is 1. The third kappa shape index (κ3) is 2.12. The highest BCUT2D eigenvalue weighted by Crippen LogP contribution is 2.42. The van der Waals surface area contributed by atoms with Crippen molar-refractivity contribution in [2.45, 2.75) is 24.1 Å². The minimum atomic E-state index is -0.830. The number of carboxylic acids is 1. The molecule has 0 radical (unpaired) electrons. The molecule has 0 spiro atoms. The van der Waals surface area contributed by atoms with Crippen molar-refractivity contribution in [3.63, 3.8) is 0 Å². The molecule has 0 aromatic rings. The van der Waals surface area contributed by atoms with Crippen molar-refractivity contribution < 1.29 is 19.4 Å². The van der Waals surface area contributed by atoms with E-state index in [4.69, 9.17) is 9.84 Å². The van der Waals surface area contributed by atoms with Gasteiger partial charge in [-0.05, 0) is 12.8 Å². The second-order valence-electron chi connectivity index (χ2n) is 5.16. The van der Waals surface area contributed by atoms with Crippen LogP contribution in [0.15, 0.2) is 0 Å². The summed E-state index contributed by atoms with van der Waals surface area (Å²) in [6, 6.07) is 0.250. The number of amides is 1. The van der Waals surface area contributed by atoms with Crippen molar-refractivity contribution in [3.8, 4) is 0 Å². The number of carboxylic acid groups (broad SMARTS) is 1. The summed E-state index contributed by atoms with van der Waals surface area (Å²) < 4.78 is 5.45. The summed E-state index contributed by atoms with van der Waals surface area (Å²) in [6.45, 7) is 2.18. The van der Waals surface area contributed by atoms with Crippen LogP contribution in [0.5, 0.6) is 0 Å². The second-order valence-corrected chi connectivity index (χ2v) is 6.51. The highest BCUT2D eigenvalue weighted by atomic mass is 32.2. The topological polar surface area (TPSA) is 66.8 Å². The van der Waals surface area contributed by atoms with E-state index in [1.165, 1.54) is 0 Å². The molecule has 100 valence electrons. The number of hydrogen-bond donors (Lipinski definition) is 1. The number of nitrogens with zero attached hydrogens (tertiary/aromatic N) is 1. The molecule has 3 fully saturated rings. The SMILES string of the molecule is O=C(O)C1CC1C(=O)N1CCSC2COCCC21. The lowest BCUT2D eigenvalue weighted by Crippen LogP contribution is -2.54. The van der Waals surface area contributed by atoms with Gasteiger partial charge < -0.3 is 14.7 Å². The molecule has 0 bridgehead atoms. The van der Waals surface area contributed by atoms with Crippen LogP contribution >= 0.6 is 11.8 Å². The number of carbonyl (C=O) groups excluding carboxylic acids is 1. The van der Waals surface area contributed by atoms with Gasteiger partial charge in [0.15, 0.2) is 0 Å². The average molecular weight is 271 g/mol. The van der Waals surface area contributed by atoms with Crippen molar-refractivity contribution in [1.29, 1.82) is 0 Å². The van der Waals surface area contributed by atoms with Gasteiger partial charge >= 0.3 is 5.97 Å². The summed E-state index contributed by atoms with van der Waals surface area (Å²) in [5.41, 5.74) is 0. The molecular weight excluding hydrogens is 254 g/mol. The summed E-state index contributed by atoms with van der Waals surface area (Å²) in [5.74, 6) is -0.553. The molecule has 3 rings (SSSR count). The van der Waals surface area contributed by atoms with Gasteiger partial charge in [-0.3, -0.25) is 9.59 Å². The molecule has 0 aromatic heterocycles. The third-order valence-corrected chi connectivity index (χ3v) is 5.34. The van der Waals surface area contributed by atoms with E-state index >= 15 is 0 Å². The lowest BCUT2D eigenvalue weighted by atomic mass is 10.1. The Morgan fingerprint density at radius 1 is 1.33 bits per heavy atom. The van der Waals surface area contributed by atoms with Gasteiger partial charge in [0.2, 0.25) is 5.91 Å². The first-order valence-corrected chi connectivity index (χ1v) is 7.46. The molecule has 18 heavy (non-hydrogen) atoms. The monoisotopic (exact) mass is 271 g/mol. The number of carbonyl (C=O) groups is 2. The van der Waals surface area contributed by atoms with Crippen LogP contribution in [-0.2, 0) is 14.3 Å². The number of hydrogen-bond acceptors (Lipinski definition) is 4. The number of aliphatic carboxylic acids is 1. The van der Waals surface area contributed by atoms with Crippen LogP contribution < -0.4 is 0 Å². The van der Waals surface area contributed by atoms with Crippen LogP contribution in [0.3, 0.4) is 0 Å². The normalized spacial score (nSPS) is 39.0. The molecule has 4 atom stereocenters. The minimum absolute atomic E-state index is 0.0552. The van der Waals surface area contributed by atoms with Gasteiger partial charge in [0.25, 0.3) is 0 Å². The first-order chi connectivity index (χ1) is 8.68. The van der Waals surface area contributed by atoms with Gasteiger partial charge in [-0.2, -0.15) is 11.8 Å². The van der Waals surface area contributed by atoms with Gasteiger partial charge in [-0.1, -0.05) is 0 Å². The van der Waals surface area contributed by atoms with E-state index in [2.05, 4.69) is 0 Å². The van der Waals surface area contributed by atoms with Crippen molar-refractivity contribution in [2.24, 2.45) is 11.8 Å². The molecule has 2 aliphatic heterocycles. The van der Waals surface area contributed by atoms with Crippen LogP contribution in [-0.4, -0.2) is 58.7 Å². The van der Waals surface area contributed by atoms with Crippen LogP contribution in [0.2, 0.25) is 0 Å². The Morgan fingerprint density at radius 2 is 2.17 bits per heavy atom. The van der Waals surface area contributed by atoms with E-state index in [-0.39, 0.29) is 17.9 Å². The molecular formula is C12H17NO4S. The molecule has 1 saturated carbocycles. The van der Waals surface area contributed by atoms with Gasteiger partial charge in [0.05, 0.1) is 18.4 Å². The summed E-state index contributed by atoms with van der Waals surface area (Å²) in [5, 5.41) is 9.28. The van der Waals surface area contributed by atoms with Crippen molar-refractivity contribution in [1.82, 2.24) is 4.90 Å². The minimum Gasteiger partial charge on any atom is -0.481 e. The Kier molecular flexibility index (Phi) is 3.23. The first kappa shape index (κ1) is 12.3. The molecule has 0 aromatic carbocycles. The lowest BCUT2D eigenvalue weighted by Gasteiger charge is -2.43. The summed E-state index contributed by atoms with van der Waals surface area (Å²) in [4.78, 5) is 25.1. The number of ether oxygens (including phenoxy) is 1. The zero-order valence-corrected chi connectivity index (χ0v) is 10.9. The Bertz CT molecular complexity index is 373. The molecule has 1 N–H and O–H groups in total. The van der Waals surface area contributed by atoms with Gasteiger partial charge in [-0.25, -0.2) is 0 Å². The molecule has 2 saturated heterocycles. The molecule has 4 unspecified atom stereocenters. The average Bonchev–Trinajstić information content (AvgIpc) is 3.17. The number of fused-ring (bicyclic) bond motifs is 1. The Hall–Kier alpha value is -0.750. The molecule has 3 aliphatic rings. The van der Waals surface area contributed by atoms with Crippen LogP contribution in [0.4, 0.5) is 0 Å². The van der Waals surface area contributed by atoms with Crippen LogP contribution in [0, 0.1) is 11.8 Å². The molecule has 1 aliphatic carbocycles. The smallest absolute Gasteiger partial charge is 0.307 e. The van der Waals surface area contributed by atoms with E-state index in [1.54, 1.807) is 0 Å². The summed E-state index contributed by atoms with van der Waals surface area (Å²) in [6.07, 6.45) is 1.40. The van der Waals surface area contributed by atoms with Crippen molar-refractivity contribution in [2.75, 3.05) is 25.5 Å². The Balaban J connectivity index is 1.67. The fraction of sp³-hybridized carbons (Fsp3) is 0.833. The largest absolute Gasteiger partial charge is 0.481 e. The highest BCUT2D eigenvalue weighted by molar-refractivity contribution is 8.00. The zero-order valence-electron chi connectivity index (χ0n) is 10.1. The molecule has 1 amide bonds. The van der Waals surface area contributed by atoms with Crippen LogP contribution in [0.25, 0.3) is 0 Å². The highest BCUT2D eigenvalue weighted by Gasteiger charge is 2.51. The van der Waals surface area contributed by atoms with E-state index in [0.29, 0.717) is 24.9 Å². The van der Waals surface area contributed by atoms with Gasteiger partial charge in [0, 0.05) is 30.2 Å². The zero-order chi connectivity index (χ0) is 12.7. The molecule has 5 nitrogen and oxygen atoms in total. The van der Waals surface area contributed by atoms with Gasteiger partial charge in [-0.15, -0.1) is 0 Å². The molecule has 2 heterocycles. The maximum absolute atomic E-state index is 12.3. The maximum atomic E-state index is 12.3. The predicted octanol–water partition coefficient (Wildman–Crippen LogP) is 0.440. The third-order valence-electron chi connectivity index (χ3n) is 4.04. The van der Waals surface area contributed by atoms with Crippen molar-refractivity contribution in [3.05, 3.63) is 0 Å². The van der Waals surface area contributed by atoms with E-state index in [9.17, 15) is 9.59 Å². The Labute approximate surface area is 110 Å². The van der Waals surface area contributed by atoms with E-state index < -0.39 is 11.9 Å². The van der Waals surface area contributed by atoms with E-state index in [1.807, 2.05) is 16.7 Å².